The van der Waals surface area contributed by atoms with E-state index in [0.717, 1.165) is 21.2 Å². The predicted molar refractivity (Wildman–Crippen MR) is 85.7 cm³/mol. The van der Waals surface area contributed by atoms with Gasteiger partial charge in [-0.25, -0.2) is 9.59 Å². The van der Waals surface area contributed by atoms with Crippen LogP contribution >= 0.6 is 0 Å². The summed E-state index contributed by atoms with van der Waals surface area (Å²) in [4.78, 5) is 50.9. The number of carbonyl (C=O) groups is 2. The highest BCUT2D eigenvalue weighted by molar-refractivity contribution is 5.96. The van der Waals surface area contributed by atoms with Gasteiger partial charge in [-0.1, -0.05) is 30.3 Å². The first-order valence-electron chi connectivity index (χ1n) is 7.19. The molecule has 1 aromatic heterocycles. The quantitative estimate of drug-likeness (QED) is 0.812. The summed E-state index contributed by atoms with van der Waals surface area (Å²) in [5.41, 5.74) is -1.00. The number of aromatic nitrogens is 2. The number of aromatic amines is 1. The summed E-state index contributed by atoms with van der Waals surface area (Å²) in [5, 5.41) is 9.26. The van der Waals surface area contributed by atoms with Gasteiger partial charge in [0.25, 0.3) is 11.5 Å². The van der Waals surface area contributed by atoms with Crippen LogP contribution in [0.15, 0.2) is 46.1 Å². The molecule has 0 fully saturated rings. The molecule has 1 aromatic carbocycles. The number of amides is 1. The molecule has 0 spiro atoms. The highest BCUT2D eigenvalue weighted by Gasteiger charge is 2.28. The summed E-state index contributed by atoms with van der Waals surface area (Å²) in [6, 6.07) is 7.69. The fourth-order valence-corrected chi connectivity index (χ4v) is 2.17. The summed E-state index contributed by atoms with van der Waals surface area (Å²) in [6.07, 6.45) is 1.01. The van der Waals surface area contributed by atoms with E-state index in [4.69, 9.17) is 0 Å². The summed E-state index contributed by atoms with van der Waals surface area (Å²) < 4.78 is 0.763. The molecular weight excluding hydrogens is 314 g/mol. The van der Waals surface area contributed by atoms with E-state index in [1.807, 2.05) is 0 Å². The van der Waals surface area contributed by atoms with Crippen molar-refractivity contribution in [2.75, 3.05) is 0 Å². The van der Waals surface area contributed by atoms with Gasteiger partial charge in [-0.3, -0.25) is 14.2 Å². The Morgan fingerprint density at radius 1 is 1.25 bits per heavy atom. The molecule has 8 heteroatoms. The number of hydrogen-bond donors (Lipinski definition) is 2. The van der Waals surface area contributed by atoms with Crippen LogP contribution in [0.2, 0.25) is 0 Å². The lowest BCUT2D eigenvalue weighted by Gasteiger charge is -2.26. The monoisotopic (exact) mass is 331 g/mol. The molecule has 2 aromatic rings. The minimum absolute atomic E-state index is 0.0232. The van der Waals surface area contributed by atoms with Gasteiger partial charge in [0.05, 0.1) is 0 Å². The average molecular weight is 331 g/mol. The Morgan fingerprint density at radius 2 is 1.88 bits per heavy atom. The van der Waals surface area contributed by atoms with Crippen LogP contribution in [0.5, 0.6) is 0 Å². The van der Waals surface area contributed by atoms with E-state index in [1.54, 1.807) is 30.3 Å². The first-order chi connectivity index (χ1) is 11.3. The second-order valence-electron chi connectivity index (χ2n) is 5.30. The van der Waals surface area contributed by atoms with Gasteiger partial charge in [0.15, 0.2) is 0 Å². The molecule has 1 atom stereocenters. The fraction of sp³-hybridized carbons (Fsp3) is 0.250. The lowest BCUT2D eigenvalue weighted by atomic mass is 10.1. The molecule has 0 aliphatic rings. The third-order valence-electron chi connectivity index (χ3n) is 3.69. The molecular formula is C16H17N3O5. The molecule has 0 saturated heterocycles. The van der Waals surface area contributed by atoms with Crippen LogP contribution in [-0.2, 0) is 18.4 Å². The second-order valence-corrected chi connectivity index (χ2v) is 5.30. The van der Waals surface area contributed by atoms with Gasteiger partial charge in [-0.2, -0.15) is 0 Å². The molecule has 0 saturated carbocycles. The van der Waals surface area contributed by atoms with E-state index in [0.29, 0.717) is 0 Å². The molecule has 126 valence electrons. The first kappa shape index (κ1) is 17.2. The zero-order chi connectivity index (χ0) is 17.9. The Bertz CT molecular complexity index is 869. The number of benzene rings is 1. The Labute approximate surface area is 137 Å². The van der Waals surface area contributed by atoms with E-state index in [-0.39, 0.29) is 12.1 Å². The van der Waals surface area contributed by atoms with E-state index in [2.05, 4.69) is 4.98 Å². The maximum absolute atomic E-state index is 12.7. The molecule has 1 amide bonds. The first-order valence-corrected chi connectivity index (χ1v) is 7.19. The maximum Gasteiger partial charge on any atom is 0.328 e. The van der Waals surface area contributed by atoms with Crippen molar-refractivity contribution in [1.29, 1.82) is 0 Å². The van der Waals surface area contributed by atoms with Gasteiger partial charge in [-0.15, -0.1) is 0 Å². The van der Waals surface area contributed by atoms with Gasteiger partial charge in [0.2, 0.25) is 0 Å². The number of H-pyrrole nitrogens is 1. The molecule has 0 aliphatic heterocycles. The number of aliphatic carboxylic acids is 1. The van der Waals surface area contributed by atoms with Crippen LogP contribution in [0.1, 0.15) is 22.8 Å². The molecule has 0 bridgehead atoms. The highest BCUT2D eigenvalue weighted by Crippen LogP contribution is 2.11. The van der Waals surface area contributed by atoms with E-state index < -0.39 is 29.2 Å². The lowest BCUT2D eigenvalue weighted by molar-refractivity contribution is -0.141. The smallest absolute Gasteiger partial charge is 0.328 e. The van der Waals surface area contributed by atoms with Crippen molar-refractivity contribution in [3.63, 3.8) is 0 Å². The van der Waals surface area contributed by atoms with Crippen molar-refractivity contribution in [3.8, 4) is 0 Å². The van der Waals surface area contributed by atoms with Crippen LogP contribution in [0.4, 0.5) is 0 Å². The third-order valence-corrected chi connectivity index (χ3v) is 3.69. The standard InChI is InChI=1S/C16H17N3O5/c1-10(15(22)23)19(9-11-6-4-3-5-7-11)14(21)12-8-17-16(24)18(2)13(12)20/h3-8,10H,9H2,1-2H3,(H,17,24)(H,22,23). The Morgan fingerprint density at radius 3 is 2.46 bits per heavy atom. The SMILES string of the molecule is CC(C(=O)O)N(Cc1ccccc1)C(=O)c1c[nH]c(=O)n(C)c1=O. The lowest BCUT2D eigenvalue weighted by Crippen LogP contribution is -2.46. The number of carboxylic acids is 1. The molecule has 24 heavy (non-hydrogen) atoms. The Balaban J connectivity index is 2.45. The number of hydrogen-bond acceptors (Lipinski definition) is 4. The molecule has 2 N–H and O–H groups in total. The zero-order valence-electron chi connectivity index (χ0n) is 13.2. The fourth-order valence-electron chi connectivity index (χ4n) is 2.17. The van der Waals surface area contributed by atoms with Crippen LogP contribution in [0, 0.1) is 0 Å². The molecule has 1 heterocycles. The molecule has 8 nitrogen and oxygen atoms in total. The van der Waals surface area contributed by atoms with Crippen LogP contribution < -0.4 is 11.2 Å². The van der Waals surface area contributed by atoms with Crippen molar-refractivity contribution in [3.05, 3.63) is 68.5 Å². The second kappa shape index (κ2) is 6.95. The number of carboxylic acid groups (broad SMARTS) is 1. The van der Waals surface area contributed by atoms with Crippen molar-refractivity contribution in [2.45, 2.75) is 19.5 Å². The van der Waals surface area contributed by atoms with E-state index in [9.17, 15) is 24.3 Å². The molecule has 2 rings (SSSR count). The largest absolute Gasteiger partial charge is 0.480 e. The number of nitrogens with one attached hydrogen (secondary N) is 1. The van der Waals surface area contributed by atoms with Gasteiger partial charge in [0, 0.05) is 19.8 Å². The summed E-state index contributed by atoms with van der Waals surface area (Å²) in [6.45, 7) is 1.38. The normalized spacial score (nSPS) is 11.8. The van der Waals surface area contributed by atoms with Crippen molar-refractivity contribution in [1.82, 2.24) is 14.5 Å². The Hall–Kier alpha value is -3.16. The van der Waals surface area contributed by atoms with Gasteiger partial charge < -0.3 is 15.0 Å². The number of carbonyl (C=O) groups excluding carboxylic acids is 1. The summed E-state index contributed by atoms with van der Waals surface area (Å²) in [7, 11) is 1.24. The van der Waals surface area contributed by atoms with Crippen molar-refractivity contribution >= 4 is 11.9 Å². The third kappa shape index (κ3) is 3.43. The molecule has 1 unspecified atom stereocenters. The zero-order valence-corrected chi connectivity index (χ0v) is 13.2. The predicted octanol–water partition coefficient (Wildman–Crippen LogP) is 0.189. The van der Waals surface area contributed by atoms with Crippen LogP contribution in [-0.4, -0.2) is 37.5 Å². The molecule has 0 radical (unpaired) electrons. The van der Waals surface area contributed by atoms with Crippen LogP contribution in [0.25, 0.3) is 0 Å². The summed E-state index contributed by atoms with van der Waals surface area (Å²) >= 11 is 0. The Kier molecular flexibility index (Phi) is 4.98. The highest BCUT2D eigenvalue weighted by atomic mass is 16.4. The number of rotatable bonds is 5. The topological polar surface area (TPSA) is 112 Å². The van der Waals surface area contributed by atoms with Crippen molar-refractivity contribution in [2.24, 2.45) is 7.05 Å². The number of nitrogens with zero attached hydrogens (tertiary/aromatic N) is 2. The minimum atomic E-state index is -1.19. The van der Waals surface area contributed by atoms with E-state index >= 15 is 0 Å². The average Bonchev–Trinajstić information content (AvgIpc) is 2.57. The van der Waals surface area contributed by atoms with Gasteiger partial charge in [-0.05, 0) is 12.5 Å². The minimum Gasteiger partial charge on any atom is -0.480 e. The van der Waals surface area contributed by atoms with E-state index in [1.165, 1.54) is 14.0 Å². The van der Waals surface area contributed by atoms with Crippen molar-refractivity contribution < 1.29 is 14.7 Å². The molecule has 0 aliphatic carbocycles. The van der Waals surface area contributed by atoms with Gasteiger partial charge in [0.1, 0.15) is 11.6 Å². The van der Waals surface area contributed by atoms with Gasteiger partial charge >= 0.3 is 11.7 Å². The summed E-state index contributed by atoms with van der Waals surface area (Å²) in [5.74, 6) is -1.95. The maximum atomic E-state index is 12.7. The van der Waals surface area contributed by atoms with Crippen LogP contribution in [0.3, 0.4) is 0 Å².